The summed E-state index contributed by atoms with van der Waals surface area (Å²) >= 11 is 0. The van der Waals surface area contributed by atoms with E-state index < -0.39 is 5.41 Å². The second-order valence-electron chi connectivity index (χ2n) is 8.07. The number of benzene rings is 1. The number of rotatable bonds is 6. The molecule has 146 valence electrons. The zero-order chi connectivity index (χ0) is 19.4. The predicted molar refractivity (Wildman–Crippen MR) is 105 cm³/mol. The molecule has 0 radical (unpaired) electrons. The molecule has 27 heavy (non-hydrogen) atoms. The second-order valence-corrected chi connectivity index (χ2v) is 8.07. The van der Waals surface area contributed by atoms with E-state index in [9.17, 15) is 4.79 Å². The average molecular weight is 370 g/mol. The van der Waals surface area contributed by atoms with Crippen molar-refractivity contribution >= 4 is 5.91 Å². The zero-order valence-electron chi connectivity index (χ0n) is 16.7. The maximum absolute atomic E-state index is 13.1. The Labute approximate surface area is 161 Å². The van der Waals surface area contributed by atoms with Crippen LogP contribution in [0.2, 0.25) is 0 Å². The van der Waals surface area contributed by atoms with Gasteiger partial charge in [-0.15, -0.1) is 0 Å². The maximum atomic E-state index is 13.1. The van der Waals surface area contributed by atoms with Crippen molar-refractivity contribution in [2.24, 2.45) is 11.3 Å². The third-order valence-corrected chi connectivity index (χ3v) is 5.78. The summed E-state index contributed by atoms with van der Waals surface area (Å²) in [6.45, 7) is 9.55. The highest BCUT2D eigenvalue weighted by Crippen LogP contribution is 2.36. The number of hydrogen-bond acceptors (Lipinski definition) is 4. The first-order chi connectivity index (χ1) is 12.9. The number of carbonyl (C=O) groups is 1. The number of nitrogens with one attached hydrogen (secondary N) is 1. The van der Waals surface area contributed by atoms with Crippen molar-refractivity contribution in [2.75, 3.05) is 13.2 Å². The summed E-state index contributed by atoms with van der Waals surface area (Å²) in [6.07, 6.45) is 1.94. The standard InChI is InChI=1S/C22H30N2O3/c1-15(2)17(4)23-21(25)22(9-11-26-12-10-22)14-18-13-20(24-27-18)19-8-6-5-7-16(19)3/h5-8,13,15,17H,9-12,14H2,1-4H3,(H,23,25)/t17-/m0/s1. The third kappa shape index (κ3) is 4.41. The van der Waals surface area contributed by atoms with E-state index in [0.717, 1.165) is 22.6 Å². The van der Waals surface area contributed by atoms with Crippen molar-refractivity contribution in [2.45, 2.75) is 53.0 Å². The van der Waals surface area contributed by atoms with Crippen molar-refractivity contribution in [1.29, 1.82) is 0 Å². The highest BCUT2D eigenvalue weighted by Gasteiger charge is 2.41. The molecule has 1 aromatic carbocycles. The van der Waals surface area contributed by atoms with Gasteiger partial charge in [0.05, 0.1) is 5.41 Å². The van der Waals surface area contributed by atoms with E-state index in [-0.39, 0.29) is 11.9 Å². The minimum absolute atomic E-state index is 0.0980. The van der Waals surface area contributed by atoms with Gasteiger partial charge in [-0.05, 0) is 38.2 Å². The minimum atomic E-state index is -0.496. The number of nitrogens with zero attached hydrogens (tertiary/aromatic N) is 1. The molecule has 0 unspecified atom stereocenters. The van der Waals surface area contributed by atoms with Gasteiger partial charge in [0.25, 0.3) is 0 Å². The lowest BCUT2D eigenvalue weighted by atomic mass is 9.75. The van der Waals surface area contributed by atoms with Crippen LogP contribution in [0.3, 0.4) is 0 Å². The van der Waals surface area contributed by atoms with Crippen LogP contribution in [0, 0.1) is 18.3 Å². The van der Waals surface area contributed by atoms with E-state index in [1.807, 2.05) is 24.3 Å². The molecule has 2 heterocycles. The Morgan fingerprint density at radius 3 is 2.59 bits per heavy atom. The van der Waals surface area contributed by atoms with Crippen molar-refractivity contribution in [3.05, 3.63) is 41.7 Å². The molecule has 0 spiro atoms. The van der Waals surface area contributed by atoms with Crippen LogP contribution in [-0.2, 0) is 16.0 Å². The van der Waals surface area contributed by atoms with E-state index in [2.05, 4.69) is 44.2 Å². The summed E-state index contributed by atoms with van der Waals surface area (Å²) in [5.74, 6) is 1.24. The van der Waals surface area contributed by atoms with E-state index in [4.69, 9.17) is 9.26 Å². The highest BCUT2D eigenvalue weighted by molar-refractivity contribution is 5.83. The summed E-state index contributed by atoms with van der Waals surface area (Å²) in [4.78, 5) is 13.1. The first kappa shape index (κ1) is 19.6. The molecule has 1 aromatic heterocycles. The normalized spacial score (nSPS) is 17.7. The van der Waals surface area contributed by atoms with E-state index in [1.165, 1.54) is 0 Å². The molecule has 1 aliphatic rings. The number of amides is 1. The van der Waals surface area contributed by atoms with Gasteiger partial charge in [-0.1, -0.05) is 43.3 Å². The van der Waals surface area contributed by atoms with Gasteiger partial charge in [-0.3, -0.25) is 4.79 Å². The molecular weight excluding hydrogens is 340 g/mol. The molecule has 3 rings (SSSR count). The van der Waals surface area contributed by atoms with Crippen LogP contribution in [0.25, 0.3) is 11.3 Å². The minimum Gasteiger partial charge on any atom is -0.381 e. The number of carbonyl (C=O) groups excluding carboxylic acids is 1. The molecule has 0 saturated carbocycles. The van der Waals surface area contributed by atoms with E-state index in [1.54, 1.807) is 0 Å². The quantitative estimate of drug-likeness (QED) is 0.830. The summed E-state index contributed by atoms with van der Waals surface area (Å²) in [5, 5.41) is 7.46. The molecule has 0 bridgehead atoms. The lowest BCUT2D eigenvalue weighted by Crippen LogP contribution is -2.49. The first-order valence-electron chi connectivity index (χ1n) is 9.81. The molecule has 5 nitrogen and oxygen atoms in total. The van der Waals surface area contributed by atoms with Crippen LogP contribution in [0.5, 0.6) is 0 Å². The Kier molecular flexibility index (Phi) is 6.00. The van der Waals surface area contributed by atoms with Crippen LogP contribution in [0.4, 0.5) is 0 Å². The molecule has 2 aromatic rings. The Balaban J connectivity index is 1.81. The van der Waals surface area contributed by atoms with Crippen LogP contribution in [-0.4, -0.2) is 30.3 Å². The topological polar surface area (TPSA) is 64.4 Å². The van der Waals surface area contributed by atoms with Crippen LogP contribution < -0.4 is 5.32 Å². The van der Waals surface area contributed by atoms with Gasteiger partial charge in [0.2, 0.25) is 5.91 Å². The van der Waals surface area contributed by atoms with Gasteiger partial charge >= 0.3 is 0 Å². The smallest absolute Gasteiger partial charge is 0.227 e. The Hall–Kier alpha value is -2.14. The predicted octanol–water partition coefficient (Wildman–Crippen LogP) is 4.15. The maximum Gasteiger partial charge on any atom is 0.227 e. The number of hydrogen-bond donors (Lipinski definition) is 1. The van der Waals surface area contributed by atoms with E-state index in [0.29, 0.717) is 38.4 Å². The fourth-order valence-electron chi connectivity index (χ4n) is 3.49. The second kappa shape index (κ2) is 8.26. The lowest BCUT2D eigenvalue weighted by molar-refractivity contribution is -0.138. The molecule has 1 amide bonds. The molecule has 1 fully saturated rings. The summed E-state index contributed by atoms with van der Waals surface area (Å²) in [6, 6.07) is 10.2. The van der Waals surface area contributed by atoms with Gasteiger partial charge in [0.1, 0.15) is 11.5 Å². The SMILES string of the molecule is Cc1ccccc1-c1cc(CC2(C(=O)N[C@@H](C)C(C)C)CCOCC2)on1. The molecule has 1 aliphatic heterocycles. The number of aryl methyl sites for hydroxylation is 1. The number of aromatic nitrogens is 1. The molecule has 5 heteroatoms. The fourth-order valence-corrected chi connectivity index (χ4v) is 3.49. The summed E-state index contributed by atoms with van der Waals surface area (Å²) < 4.78 is 11.2. The molecule has 1 atom stereocenters. The van der Waals surface area contributed by atoms with Crippen LogP contribution in [0.15, 0.2) is 34.9 Å². The molecule has 1 saturated heterocycles. The molecule has 0 aliphatic carbocycles. The molecular formula is C22H30N2O3. The van der Waals surface area contributed by atoms with Gasteiger partial charge in [-0.25, -0.2) is 0 Å². The Bertz CT molecular complexity index is 775. The summed E-state index contributed by atoms with van der Waals surface area (Å²) in [7, 11) is 0. The third-order valence-electron chi connectivity index (χ3n) is 5.78. The van der Waals surface area contributed by atoms with Crippen LogP contribution >= 0.6 is 0 Å². The van der Waals surface area contributed by atoms with Gasteiger partial charge in [0.15, 0.2) is 0 Å². The summed E-state index contributed by atoms with van der Waals surface area (Å²) in [5.41, 5.74) is 2.54. The van der Waals surface area contributed by atoms with Crippen molar-refractivity contribution < 1.29 is 14.1 Å². The van der Waals surface area contributed by atoms with Crippen molar-refractivity contribution in [1.82, 2.24) is 10.5 Å². The highest BCUT2D eigenvalue weighted by atomic mass is 16.5. The fraction of sp³-hybridized carbons (Fsp3) is 0.545. The largest absolute Gasteiger partial charge is 0.381 e. The van der Waals surface area contributed by atoms with Crippen molar-refractivity contribution in [3.63, 3.8) is 0 Å². The average Bonchev–Trinajstić information content (AvgIpc) is 3.10. The van der Waals surface area contributed by atoms with Crippen LogP contribution in [0.1, 0.15) is 44.9 Å². The zero-order valence-corrected chi connectivity index (χ0v) is 16.7. The first-order valence-corrected chi connectivity index (χ1v) is 9.81. The van der Waals surface area contributed by atoms with E-state index >= 15 is 0 Å². The lowest BCUT2D eigenvalue weighted by Gasteiger charge is -2.36. The molecule has 1 N–H and O–H groups in total. The monoisotopic (exact) mass is 370 g/mol. The Morgan fingerprint density at radius 2 is 1.93 bits per heavy atom. The van der Waals surface area contributed by atoms with Crippen molar-refractivity contribution in [3.8, 4) is 11.3 Å². The Morgan fingerprint density at radius 1 is 1.22 bits per heavy atom. The van der Waals surface area contributed by atoms with Gasteiger partial charge in [-0.2, -0.15) is 0 Å². The number of ether oxygens (including phenoxy) is 1. The van der Waals surface area contributed by atoms with Gasteiger partial charge < -0.3 is 14.6 Å². The van der Waals surface area contributed by atoms with Gasteiger partial charge in [0, 0.05) is 37.3 Å².